The van der Waals surface area contributed by atoms with E-state index in [9.17, 15) is 9.18 Å². The zero-order valence-electron chi connectivity index (χ0n) is 12.2. The van der Waals surface area contributed by atoms with Crippen LogP contribution in [0.15, 0.2) is 36.4 Å². The van der Waals surface area contributed by atoms with E-state index in [4.69, 9.17) is 11.6 Å². The summed E-state index contributed by atoms with van der Waals surface area (Å²) >= 11 is 5.83. The topological polar surface area (TPSA) is 29.1 Å². The van der Waals surface area contributed by atoms with E-state index < -0.39 is 11.7 Å². The molecule has 4 heteroatoms. The smallest absolute Gasteiger partial charge is 0.258 e. The third-order valence-electron chi connectivity index (χ3n) is 3.34. The number of hydrogen-bond acceptors (Lipinski definition) is 1. The standard InChI is InChI=1S/C17H17ClFNO/c1-10(2)13-6-4-5-11(3)16(13)20-17(21)14-9-12(18)7-8-15(14)19/h4-10H,1-3H3,(H,20,21). The molecule has 2 nitrogen and oxygen atoms in total. The highest BCUT2D eigenvalue weighted by Gasteiger charge is 2.16. The van der Waals surface area contributed by atoms with Crippen molar-refractivity contribution in [3.05, 3.63) is 63.9 Å². The van der Waals surface area contributed by atoms with Crippen LogP contribution in [0.5, 0.6) is 0 Å². The van der Waals surface area contributed by atoms with Gasteiger partial charge in [0.2, 0.25) is 0 Å². The van der Waals surface area contributed by atoms with Crippen LogP contribution in [0.2, 0.25) is 5.02 Å². The molecule has 0 saturated carbocycles. The zero-order valence-corrected chi connectivity index (χ0v) is 13.0. The van der Waals surface area contributed by atoms with Crippen molar-refractivity contribution in [1.82, 2.24) is 0 Å². The molecule has 0 bridgehead atoms. The van der Waals surface area contributed by atoms with Crippen molar-refractivity contribution in [1.29, 1.82) is 0 Å². The maximum atomic E-state index is 13.8. The molecule has 21 heavy (non-hydrogen) atoms. The normalized spacial score (nSPS) is 10.8. The Balaban J connectivity index is 2.38. The molecule has 2 rings (SSSR count). The van der Waals surface area contributed by atoms with E-state index >= 15 is 0 Å². The lowest BCUT2D eigenvalue weighted by atomic mass is 9.98. The van der Waals surface area contributed by atoms with Crippen molar-refractivity contribution in [2.75, 3.05) is 5.32 Å². The molecule has 0 fully saturated rings. The van der Waals surface area contributed by atoms with Gasteiger partial charge >= 0.3 is 0 Å². The molecule has 1 N–H and O–H groups in total. The van der Waals surface area contributed by atoms with Crippen LogP contribution in [0.1, 0.15) is 41.3 Å². The molecule has 0 spiro atoms. The van der Waals surface area contributed by atoms with Gasteiger partial charge in [0.25, 0.3) is 5.91 Å². The summed E-state index contributed by atoms with van der Waals surface area (Å²) in [6.07, 6.45) is 0. The molecule has 2 aromatic carbocycles. The summed E-state index contributed by atoms with van der Waals surface area (Å²) in [5.41, 5.74) is 2.64. The number of para-hydroxylation sites is 1. The number of carbonyl (C=O) groups is 1. The number of hydrogen-bond donors (Lipinski definition) is 1. The van der Waals surface area contributed by atoms with Gasteiger partial charge in [0.1, 0.15) is 5.82 Å². The lowest BCUT2D eigenvalue weighted by Crippen LogP contribution is -2.16. The Labute approximate surface area is 128 Å². The SMILES string of the molecule is Cc1cccc(C(C)C)c1NC(=O)c1cc(Cl)ccc1F. The molecule has 2 aromatic rings. The Bertz CT molecular complexity index is 682. The molecule has 0 aliphatic carbocycles. The molecular weight excluding hydrogens is 289 g/mol. The summed E-state index contributed by atoms with van der Waals surface area (Å²) in [4.78, 5) is 12.3. The molecule has 0 saturated heterocycles. The van der Waals surface area contributed by atoms with Crippen molar-refractivity contribution in [2.24, 2.45) is 0 Å². The molecular formula is C17H17ClFNO. The number of benzene rings is 2. The van der Waals surface area contributed by atoms with Crippen molar-refractivity contribution in [3.63, 3.8) is 0 Å². The molecule has 0 atom stereocenters. The second-order valence-electron chi connectivity index (χ2n) is 5.27. The van der Waals surface area contributed by atoms with Crippen LogP contribution in [0.4, 0.5) is 10.1 Å². The predicted molar refractivity (Wildman–Crippen MR) is 84.6 cm³/mol. The first-order valence-corrected chi connectivity index (χ1v) is 7.14. The van der Waals surface area contributed by atoms with E-state index in [2.05, 4.69) is 5.32 Å². The fourth-order valence-electron chi connectivity index (χ4n) is 2.19. The van der Waals surface area contributed by atoms with Crippen LogP contribution >= 0.6 is 11.6 Å². The van der Waals surface area contributed by atoms with Gasteiger partial charge in [-0.15, -0.1) is 0 Å². The fraction of sp³-hybridized carbons (Fsp3) is 0.235. The summed E-state index contributed by atoms with van der Waals surface area (Å²) < 4.78 is 13.8. The first kappa shape index (κ1) is 15.5. The van der Waals surface area contributed by atoms with E-state index in [1.54, 1.807) is 0 Å². The van der Waals surface area contributed by atoms with Crippen molar-refractivity contribution in [2.45, 2.75) is 26.7 Å². The van der Waals surface area contributed by atoms with Crippen LogP contribution in [0.25, 0.3) is 0 Å². The molecule has 0 radical (unpaired) electrons. The van der Waals surface area contributed by atoms with E-state index in [-0.39, 0.29) is 11.5 Å². The van der Waals surface area contributed by atoms with Crippen molar-refractivity contribution in [3.8, 4) is 0 Å². The van der Waals surface area contributed by atoms with Crippen LogP contribution in [-0.4, -0.2) is 5.91 Å². The highest BCUT2D eigenvalue weighted by molar-refractivity contribution is 6.31. The number of nitrogens with one attached hydrogen (secondary N) is 1. The minimum absolute atomic E-state index is 0.0551. The Kier molecular flexibility index (Phi) is 4.63. The molecule has 110 valence electrons. The third-order valence-corrected chi connectivity index (χ3v) is 3.57. The van der Waals surface area contributed by atoms with Crippen LogP contribution in [-0.2, 0) is 0 Å². The van der Waals surface area contributed by atoms with Gasteiger partial charge in [-0.2, -0.15) is 0 Å². The van der Waals surface area contributed by atoms with Gasteiger partial charge in [0.05, 0.1) is 5.56 Å². The Hall–Kier alpha value is -1.87. The number of rotatable bonds is 3. The van der Waals surface area contributed by atoms with E-state index in [0.717, 1.165) is 16.8 Å². The molecule has 0 heterocycles. The summed E-state index contributed by atoms with van der Waals surface area (Å²) in [6.45, 7) is 6.00. The van der Waals surface area contributed by atoms with Crippen LogP contribution in [0.3, 0.4) is 0 Å². The van der Waals surface area contributed by atoms with Gasteiger partial charge in [-0.1, -0.05) is 43.6 Å². The monoisotopic (exact) mass is 305 g/mol. The molecule has 0 aromatic heterocycles. The van der Waals surface area contributed by atoms with Gasteiger partial charge in [-0.3, -0.25) is 4.79 Å². The van der Waals surface area contributed by atoms with Crippen molar-refractivity contribution >= 4 is 23.2 Å². The quantitative estimate of drug-likeness (QED) is 0.833. The average molecular weight is 306 g/mol. The Morgan fingerprint density at radius 1 is 1.24 bits per heavy atom. The number of amides is 1. The Morgan fingerprint density at radius 3 is 2.62 bits per heavy atom. The average Bonchev–Trinajstić information content (AvgIpc) is 2.43. The lowest BCUT2D eigenvalue weighted by molar-refractivity contribution is 0.102. The zero-order chi connectivity index (χ0) is 15.6. The summed E-state index contributed by atoms with van der Waals surface area (Å²) in [5, 5.41) is 3.14. The maximum Gasteiger partial charge on any atom is 0.258 e. The summed E-state index contributed by atoms with van der Waals surface area (Å²) in [7, 11) is 0. The minimum Gasteiger partial charge on any atom is -0.321 e. The number of aryl methyl sites for hydroxylation is 1. The van der Waals surface area contributed by atoms with E-state index in [0.29, 0.717) is 5.02 Å². The van der Waals surface area contributed by atoms with Gasteiger partial charge in [0.15, 0.2) is 0 Å². The first-order chi connectivity index (χ1) is 9.90. The minimum atomic E-state index is -0.586. The van der Waals surface area contributed by atoms with Gasteiger partial charge in [0, 0.05) is 10.7 Å². The van der Waals surface area contributed by atoms with Gasteiger partial charge in [-0.05, 0) is 42.2 Å². The summed E-state index contributed by atoms with van der Waals surface area (Å²) in [6, 6.07) is 9.76. The second-order valence-corrected chi connectivity index (χ2v) is 5.71. The molecule has 1 amide bonds. The predicted octanol–water partition coefficient (Wildman–Crippen LogP) is 5.16. The molecule has 0 aliphatic rings. The number of halogens is 2. The van der Waals surface area contributed by atoms with E-state index in [1.807, 2.05) is 39.0 Å². The first-order valence-electron chi connectivity index (χ1n) is 6.76. The van der Waals surface area contributed by atoms with Gasteiger partial charge in [-0.25, -0.2) is 4.39 Å². The maximum absolute atomic E-state index is 13.8. The molecule has 0 unspecified atom stereocenters. The highest BCUT2D eigenvalue weighted by atomic mass is 35.5. The van der Waals surface area contributed by atoms with Crippen molar-refractivity contribution < 1.29 is 9.18 Å². The lowest BCUT2D eigenvalue weighted by Gasteiger charge is -2.16. The largest absolute Gasteiger partial charge is 0.321 e. The number of anilines is 1. The van der Waals surface area contributed by atoms with Crippen LogP contribution < -0.4 is 5.32 Å². The highest BCUT2D eigenvalue weighted by Crippen LogP contribution is 2.28. The Morgan fingerprint density at radius 2 is 1.95 bits per heavy atom. The second kappa shape index (κ2) is 6.27. The van der Waals surface area contributed by atoms with E-state index in [1.165, 1.54) is 18.2 Å². The molecule has 0 aliphatic heterocycles. The van der Waals surface area contributed by atoms with Crippen LogP contribution in [0, 0.1) is 12.7 Å². The fourth-order valence-corrected chi connectivity index (χ4v) is 2.37. The van der Waals surface area contributed by atoms with Gasteiger partial charge < -0.3 is 5.32 Å². The third kappa shape index (κ3) is 3.42. The number of carbonyl (C=O) groups excluding carboxylic acids is 1. The summed E-state index contributed by atoms with van der Waals surface area (Å²) in [5.74, 6) is -0.827.